The van der Waals surface area contributed by atoms with Gasteiger partial charge in [0.25, 0.3) is 6.43 Å². The van der Waals surface area contributed by atoms with Crippen LogP contribution in [0.25, 0.3) is 0 Å². The smallest absolute Gasteiger partial charge is 0.250 e. The Hall–Kier alpha value is -1.40. The molecule has 1 aromatic rings. The fraction of sp³-hybridized carbons (Fsp3) is 0.500. The van der Waals surface area contributed by atoms with Crippen molar-refractivity contribution >= 4 is 0 Å². The molecule has 0 heterocycles. The lowest BCUT2D eigenvalue weighted by molar-refractivity contribution is 0.141. The van der Waals surface area contributed by atoms with Crippen LogP contribution in [0.4, 0.5) is 8.78 Å². The van der Waals surface area contributed by atoms with Crippen LogP contribution >= 0.6 is 0 Å². The lowest BCUT2D eigenvalue weighted by Gasteiger charge is -2.18. The van der Waals surface area contributed by atoms with Crippen LogP contribution in [0.3, 0.4) is 0 Å². The molecule has 0 aliphatic carbocycles. The lowest BCUT2D eigenvalue weighted by Crippen LogP contribution is -2.31. The Kier molecular flexibility index (Phi) is 5.80. The first-order chi connectivity index (χ1) is 8.62. The number of alkyl halides is 2. The number of hydrogen-bond acceptors (Lipinski definition) is 4. The molecule has 18 heavy (non-hydrogen) atoms. The van der Waals surface area contributed by atoms with Crippen LogP contribution in [-0.2, 0) is 0 Å². The first kappa shape index (κ1) is 14.7. The first-order valence-electron chi connectivity index (χ1n) is 5.55. The van der Waals surface area contributed by atoms with Crippen molar-refractivity contribution in [3.63, 3.8) is 0 Å². The number of nitrogens with one attached hydrogen (secondary N) is 1. The van der Waals surface area contributed by atoms with Crippen LogP contribution in [-0.4, -0.2) is 33.7 Å². The molecule has 1 atom stereocenters. The standard InChI is InChI=1S/C12H18F2N2O2/c1-17-10-4-3-8(5-11(10)18-2)9(6-15)16-7-12(13)14/h3-5,9,12,16H,6-7,15H2,1-2H3. The van der Waals surface area contributed by atoms with Crippen molar-refractivity contribution in [2.75, 3.05) is 27.3 Å². The van der Waals surface area contributed by atoms with Gasteiger partial charge < -0.3 is 20.5 Å². The van der Waals surface area contributed by atoms with Gasteiger partial charge in [0.05, 0.1) is 20.8 Å². The SMILES string of the molecule is COc1ccc(C(CN)NCC(F)F)cc1OC. The molecule has 102 valence electrons. The van der Waals surface area contributed by atoms with Crippen LogP contribution in [0.2, 0.25) is 0 Å². The van der Waals surface area contributed by atoms with Gasteiger partial charge in [-0.25, -0.2) is 8.78 Å². The summed E-state index contributed by atoms with van der Waals surface area (Å²) in [5.74, 6) is 1.14. The number of rotatable bonds is 7. The fourth-order valence-electron chi connectivity index (χ4n) is 1.64. The number of nitrogens with two attached hydrogens (primary N) is 1. The topological polar surface area (TPSA) is 56.5 Å². The molecule has 0 aliphatic heterocycles. The summed E-state index contributed by atoms with van der Waals surface area (Å²) in [6.07, 6.45) is -2.40. The quantitative estimate of drug-likeness (QED) is 0.781. The first-order valence-corrected chi connectivity index (χ1v) is 5.55. The normalized spacial score (nSPS) is 12.6. The zero-order chi connectivity index (χ0) is 13.5. The molecule has 0 spiro atoms. The van der Waals surface area contributed by atoms with Gasteiger partial charge in [0.1, 0.15) is 0 Å². The molecular formula is C12H18F2N2O2. The summed E-state index contributed by atoms with van der Waals surface area (Å²) in [7, 11) is 3.05. The van der Waals surface area contributed by atoms with Crippen molar-refractivity contribution in [1.29, 1.82) is 0 Å². The van der Waals surface area contributed by atoms with Gasteiger partial charge in [-0.3, -0.25) is 0 Å². The Balaban J connectivity index is 2.85. The van der Waals surface area contributed by atoms with Crippen molar-refractivity contribution < 1.29 is 18.3 Å². The van der Waals surface area contributed by atoms with E-state index in [0.29, 0.717) is 11.5 Å². The number of benzene rings is 1. The Bertz CT molecular complexity index is 375. The van der Waals surface area contributed by atoms with E-state index in [1.54, 1.807) is 18.2 Å². The number of ether oxygens (including phenoxy) is 2. The second-order valence-corrected chi connectivity index (χ2v) is 3.70. The third-order valence-corrected chi connectivity index (χ3v) is 2.56. The van der Waals surface area contributed by atoms with Gasteiger partial charge in [-0.15, -0.1) is 0 Å². The average Bonchev–Trinajstić information content (AvgIpc) is 2.38. The van der Waals surface area contributed by atoms with Crippen LogP contribution in [0, 0.1) is 0 Å². The highest BCUT2D eigenvalue weighted by Crippen LogP contribution is 2.29. The largest absolute Gasteiger partial charge is 0.493 e. The van der Waals surface area contributed by atoms with Crippen LogP contribution in [0.5, 0.6) is 11.5 Å². The van der Waals surface area contributed by atoms with Gasteiger partial charge in [0, 0.05) is 12.6 Å². The number of halogens is 2. The zero-order valence-electron chi connectivity index (χ0n) is 10.5. The molecule has 3 N–H and O–H groups in total. The van der Waals surface area contributed by atoms with Crippen molar-refractivity contribution in [3.8, 4) is 11.5 Å². The molecule has 0 bridgehead atoms. The molecule has 0 saturated heterocycles. The summed E-state index contributed by atoms with van der Waals surface area (Å²) in [5, 5.41) is 2.70. The van der Waals surface area contributed by atoms with Crippen molar-refractivity contribution in [2.45, 2.75) is 12.5 Å². The van der Waals surface area contributed by atoms with Gasteiger partial charge in [-0.05, 0) is 17.7 Å². The maximum atomic E-state index is 12.2. The van der Waals surface area contributed by atoms with Gasteiger partial charge in [-0.2, -0.15) is 0 Å². The second kappa shape index (κ2) is 7.13. The van der Waals surface area contributed by atoms with Crippen molar-refractivity contribution in [2.24, 2.45) is 5.73 Å². The highest BCUT2D eigenvalue weighted by Gasteiger charge is 2.14. The Morgan fingerprint density at radius 1 is 1.22 bits per heavy atom. The Morgan fingerprint density at radius 3 is 2.39 bits per heavy atom. The molecular weight excluding hydrogens is 242 g/mol. The number of methoxy groups -OCH3 is 2. The number of hydrogen-bond donors (Lipinski definition) is 2. The van der Waals surface area contributed by atoms with E-state index in [0.717, 1.165) is 5.56 Å². The molecule has 0 aliphatic rings. The third kappa shape index (κ3) is 3.82. The molecule has 1 rings (SSSR count). The molecule has 1 unspecified atom stereocenters. The fourth-order valence-corrected chi connectivity index (χ4v) is 1.64. The summed E-state index contributed by atoms with van der Waals surface area (Å²) in [4.78, 5) is 0. The van der Waals surface area contributed by atoms with E-state index < -0.39 is 13.0 Å². The monoisotopic (exact) mass is 260 g/mol. The summed E-state index contributed by atoms with van der Waals surface area (Å²) in [6.45, 7) is -0.168. The molecule has 1 aromatic carbocycles. The van der Waals surface area contributed by atoms with Crippen LogP contribution in [0.15, 0.2) is 18.2 Å². The minimum absolute atomic E-state index is 0.224. The Morgan fingerprint density at radius 2 is 1.89 bits per heavy atom. The minimum Gasteiger partial charge on any atom is -0.493 e. The predicted molar refractivity (Wildman–Crippen MR) is 65.3 cm³/mol. The summed E-state index contributed by atoms with van der Waals surface area (Å²) in [6, 6.07) is 4.89. The average molecular weight is 260 g/mol. The summed E-state index contributed by atoms with van der Waals surface area (Å²) >= 11 is 0. The van der Waals surface area contributed by atoms with Gasteiger partial charge in [0.2, 0.25) is 0 Å². The molecule has 0 radical (unpaired) electrons. The second-order valence-electron chi connectivity index (χ2n) is 3.70. The van der Waals surface area contributed by atoms with Gasteiger partial charge >= 0.3 is 0 Å². The highest BCUT2D eigenvalue weighted by molar-refractivity contribution is 5.43. The van der Waals surface area contributed by atoms with Gasteiger partial charge in [-0.1, -0.05) is 6.07 Å². The van der Waals surface area contributed by atoms with E-state index >= 15 is 0 Å². The minimum atomic E-state index is -2.40. The van der Waals surface area contributed by atoms with Crippen molar-refractivity contribution in [1.82, 2.24) is 5.32 Å². The van der Waals surface area contributed by atoms with E-state index in [4.69, 9.17) is 15.2 Å². The van der Waals surface area contributed by atoms with E-state index in [1.165, 1.54) is 14.2 Å². The lowest BCUT2D eigenvalue weighted by atomic mass is 10.1. The molecule has 6 heteroatoms. The van der Waals surface area contributed by atoms with E-state index in [1.807, 2.05) is 0 Å². The highest BCUT2D eigenvalue weighted by atomic mass is 19.3. The van der Waals surface area contributed by atoms with Crippen LogP contribution < -0.4 is 20.5 Å². The summed E-state index contributed by atoms with van der Waals surface area (Å²) < 4.78 is 34.6. The molecule has 0 aromatic heterocycles. The summed E-state index contributed by atoms with van der Waals surface area (Å²) in [5.41, 5.74) is 6.36. The van der Waals surface area contributed by atoms with E-state index in [-0.39, 0.29) is 12.6 Å². The predicted octanol–water partition coefficient (Wildman–Crippen LogP) is 1.56. The third-order valence-electron chi connectivity index (χ3n) is 2.56. The van der Waals surface area contributed by atoms with E-state index in [9.17, 15) is 8.78 Å². The van der Waals surface area contributed by atoms with E-state index in [2.05, 4.69) is 5.32 Å². The molecule has 0 saturated carbocycles. The maximum absolute atomic E-state index is 12.2. The van der Waals surface area contributed by atoms with Gasteiger partial charge in [0.15, 0.2) is 11.5 Å². The van der Waals surface area contributed by atoms with Crippen molar-refractivity contribution in [3.05, 3.63) is 23.8 Å². The van der Waals surface area contributed by atoms with Crippen LogP contribution in [0.1, 0.15) is 11.6 Å². The molecule has 4 nitrogen and oxygen atoms in total. The molecule has 0 amide bonds. The maximum Gasteiger partial charge on any atom is 0.250 e. The molecule has 0 fully saturated rings. The zero-order valence-corrected chi connectivity index (χ0v) is 10.5. The Labute approximate surface area is 105 Å².